The first-order valence-electron chi connectivity index (χ1n) is 9.60. The standard InChI is InChI=1S/C20H36N4O3.HI/c1-5-21-20(22-11-13-24(2)12-6-14-25-3)23-17-18-7-9-19(10-8-18)27-16-15-26-4;/h7-10H,5-6,11-17H2,1-4H3,(H2,21,22,23);1H. The van der Waals surface area contributed by atoms with Crippen molar-refractivity contribution in [3.63, 3.8) is 0 Å². The summed E-state index contributed by atoms with van der Waals surface area (Å²) in [7, 11) is 5.53. The van der Waals surface area contributed by atoms with E-state index in [4.69, 9.17) is 14.2 Å². The highest BCUT2D eigenvalue weighted by molar-refractivity contribution is 14.0. The molecule has 0 bridgehead atoms. The molecule has 0 fully saturated rings. The summed E-state index contributed by atoms with van der Waals surface area (Å²) in [6.45, 7) is 8.32. The molecule has 1 rings (SSSR count). The fraction of sp³-hybridized carbons (Fsp3) is 0.650. The van der Waals surface area contributed by atoms with Gasteiger partial charge in [-0.1, -0.05) is 12.1 Å². The van der Waals surface area contributed by atoms with Crippen LogP contribution in [0.4, 0.5) is 0 Å². The van der Waals surface area contributed by atoms with Gasteiger partial charge in [-0.3, -0.25) is 0 Å². The Bertz CT molecular complexity index is 515. The number of nitrogens with one attached hydrogen (secondary N) is 2. The number of halogens is 1. The molecule has 7 nitrogen and oxygen atoms in total. The molecule has 1 aromatic rings. The smallest absolute Gasteiger partial charge is 0.191 e. The zero-order valence-electron chi connectivity index (χ0n) is 17.7. The number of guanidine groups is 1. The lowest BCUT2D eigenvalue weighted by molar-refractivity contribution is 0.146. The molecule has 0 radical (unpaired) electrons. The van der Waals surface area contributed by atoms with E-state index in [-0.39, 0.29) is 24.0 Å². The maximum Gasteiger partial charge on any atom is 0.191 e. The molecule has 0 unspecified atom stereocenters. The van der Waals surface area contributed by atoms with Crippen LogP contribution < -0.4 is 15.4 Å². The third-order valence-electron chi connectivity index (χ3n) is 3.92. The molecule has 0 heterocycles. The molecule has 0 aliphatic rings. The summed E-state index contributed by atoms with van der Waals surface area (Å²) in [5.74, 6) is 1.68. The Balaban J connectivity index is 0.00000729. The number of methoxy groups -OCH3 is 2. The van der Waals surface area contributed by atoms with Crippen LogP contribution in [0, 0.1) is 0 Å². The van der Waals surface area contributed by atoms with Gasteiger partial charge < -0.3 is 29.7 Å². The number of hydrogen-bond acceptors (Lipinski definition) is 5. The molecule has 0 amide bonds. The Hall–Kier alpha value is -1.10. The van der Waals surface area contributed by atoms with Gasteiger partial charge in [-0.05, 0) is 38.1 Å². The van der Waals surface area contributed by atoms with Crippen molar-refractivity contribution >= 4 is 29.9 Å². The van der Waals surface area contributed by atoms with E-state index in [1.165, 1.54) is 0 Å². The number of hydrogen-bond donors (Lipinski definition) is 2. The number of rotatable bonds is 14. The first-order chi connectivity index (χ1) is 13.2. The largest absolute Gasteiger partial charge is 0.491 e. The van der Waals surface area contributed by atoms with Gasteiger partial charge in [0.2, 0.25) is 0 Å². The van der Waals surface area contributed by atoms with Gasteiger partial charge in [0.25, 0.3) is 0 Å². The Kier molecular flexibility index (Phi) is 17.3. The predicted octanol–water partition coefficient (Wildman–Crippen LogP) is 2.35. The Morgan fingerprint density at radius 2 is 1.71 bits per heavy atom. The lowest BCUT2D eigenvalue weighted by atomic mass is 10.2. The molecule has 0 spiro atoms. The predicted molar refractivity (Wildman–Crippen MR) is 126 cm³/mol. The second kappa shape index (κ2) is 18.0. The zero-order valence-corrected chi connectivity index (χ0v) is 20.0. The molecule has 28 heavy (non-hydrogen) atoms. The summed E-state index contributed by atoms with van der Waals surface area (Å²) in [6, 6.07) is 8.02. The summed E-state index contributed by atoms with van der Waals surface area (Å²) >= 11 is 0. The van der Waals surface area contributed by atoms with Gasteiger partial charge in [0.05, 0.1) is 13.2 Å². The molecule has 0 atom stereocenters. The fourth-order valence-corrected chi connectivity index (χ4v) is 2.40. The highest BCUT2D eigenvalue weighted by Gasteiger charge is 2.01. The molecule has 0 aliphatic carbocycles. The normalized spacial score (nSPS) is 11.2. The van der Waals surface area contributed by atoms with E-state index < -0.39 is 0 Å². The zero-order chi connectivity index (χ0) is 19.7. The van der Waals surface area contributed by atoms with Crippen molar-refractivity contribution < 1.29 is 14.2 Å². The van der Waals surface area contributed by atoms with E-state index in [2.05, 4.69) is 34.5 Å². The first-order valence-corrected chi connectivity index (χ1v) is 9.60. The van der Waals surface area contributed by atoms with Crippen molar-refractivity contribution in [1.29, 1.82) is 0 Å². The van der Waals surface area contributed by atoms with Crippen LogP contribution in [0.2, 0.25) is 0 Å². The Morgan fingerprint density at radius 1 is 1.00 bits per heavy atom. The van der Waals surface area contributed by atoms with E-state index in [0.29, 0.717) is 19.8 Å². The maximum absolute atomic E-state index is 5.58. The summed E-state index contributed by atoms with van der Waals surface area (Å²) in [5.41, 5.74) is 1.14. The van der Waals surface area contributed by atoms with Crippen LogP contribution >= 0.6 is 24.0 Å². The van der Waals surface area contributed by atoms with Crippen molar-refractivity contribution in [3.8, 4) is 5.75 Å². The van der Waals surface area contributed by atoms with Crippen LogP contribution in [0.15, 0.2) is 29.3 Å². The van der Waals surface area contributed by atoms with Crippen molar-refractivity contribution in [2.45, 2.75) is 19.9 Å². The van der Waals surface area contributed by atoms with Crippen LogP contribution in [-0.4, -0.2) is 78.1 Å². The SMILES string of the molecule is CCNC(=NCc1ccc(OCCOC)cc1)NCCN(C)CCCOC.I. The highest BCUT2D eigenvalue weighted by atomic mass is 127. The lowest BCUT2D eigenvalue weighted by Crippen LogP contribution is -2.41. The average Bonchev–Trinajstić information content (AvgIpc) is 2.67. The highest BCUT2D eigenvalue weighted by Crippen LogP contribution is 2.12. The quantitative estimate of drug-likeness (QED) is 0.174. The Morgan fingerprint density at radius 3 is 2.36 bits per heavy atom. The van der Waals surface area contributed by atoms with Crippen LogP contribution in [-0.2, 0) is 16.0 Å². The average molecular weight is 508 g/mol. The molecule has 1 aromatic carbocycles. The van der Waals surface area contributed by atoms with E-state index in [1.54, 1.807) is 14.2 Å². The van der Waals surface area contributed by atoms with Gasteiger partial charge in [-0.25, -0.2) is 4.99 Å². The van der Waals surface area contributed by atoms with Gasteiger partial charge in [0.1, 0.15) is 12.4 Å². The van der Waals surface area contributed by atoms with E-state index >= 15 is 0 Å². The van der Waals surface area contributed by atoms with E-state index in [1.807, 2.05) is 24.3 Å². The van der Waals surface area contributed by atoms with Gasteiger partial charge in [0, 0.05) is 47.0 Å². The van der Waals surface area contributed by atoms with Crippen molar-refractivity contribution in [2.24, 2.45) is 4.99 Å². The number of nitrogens with zero attached hydrogens (tertiary/aromatic N) is 2. The molecule has 0 aliphatic heterocycles. The monoisotopic (exact) mass is 508 g/mol. The summed E-state index contributed by atoms with van der Waals surface area (Å²) < 4.78 is 15.6. The number of aliphatic imine (C=N–C) groups is 1. The second-order valence-corrected chi connectivity index (χ2v) is 6.26. The van der Waals surface area contributed by atoms with Gasteiger partial charge in [-0.2, -0.15) is 0 Å². The topological polar surface area (TPSA) is 67.4 Å². The molecule has 0 saturated carbocycles. The third kappa shape index (κ3) is 13.1. The molecule has 8 heteroatoms. The van der Waals surface area contributed by atoms with Crippen LogP contribution in [0.25, 0.3) is 0 Å². The van der Waals surface area contributed by atoms with Gasteiger partial charge in [0.15, 0.2) is 5.96 Å². The number of likely N-dealkylation sites (N-methyl/N-ethyl adjacent to an activating group) is 1. The first kappa shape index (κ1) is 26.9. The third-order valence-corrected chi connectivity index (χ3v) is 3.92. The van der Waals surface area contributed by atoms with Crippen LogP contribution in [0.5, 0.6) is 5.75 Å². The minimum atomic E-state index is 0. The van der Waals surface area contributed by atoms with Gasteiger partial charge in [-0.15, -0.1) is 24.0 Å². The molecular formula is C20H37IN4O3. The maximum atomic E-state index is 5.58. The number of benzene rings is 1. The molecule has 2 N–H and O–H groups in total. The molecule has 0 aromatic heterocycles. The van der Waals surface area contributed by atoms with Crippen molar-refractivity contribution in [1.82, 2.24) is 15.5 Å². The van der Waals surface area contributed by atoms with Gasteiger partial charge >= 0.3 is 0 Å². The molecular weight excluding hydrogens is 471 g/mol. The summed E-state index contributed by atoms with van der Waals surface area (Å²) in [6.07, 6.45) is 1.05. The minimum absolute atomic E-state index is 0. The van der Waals surface area contributed by atoms with E-state index in [9.17, 15) is 0 Å². The Labute approximate surface area is 187 Å². The molecule has 162 valence electrons. The molecule has 0 saturated heterocycles. The number of ether oxygens (including phenoxy) is 3. The lowest BCUT2D eigenvalue weighted by Gasteiger charge is -2.18. The summed E-state index contributed by atoms with van der Waals surface area (Å²) in [5, 5.41) is 6.67. The fourth-order valence-electron chi connectivity index (χ4n) is 2.40. The second-order valence-electron chi connectivity index (χ2n) is 6.26. The van der Waals surface area contributed by atoms with Crippen LogP contribution in [0.3, 0.4) is 0 Å². The minimum Gasteiger partial charge on any atom is -0.491 e. The van der Waals surface area contributed by atoms with Crippen molar-refractivity contribution in [3.05, 3.63) is 29.8 Å². The van der Waals surface area contributed by atoms with E-state index in [0.717, 1.165) is 56.5 Å². The van der Waals surface area contributed by atoms with Crippen LogP contribution in [0.1, 0.15) is 18.9 Å². The summed E-state index contributed by atoms with van der Waals surface area (Å²) in [4.78, 5) is 6.95. The van der Waals surface area contributed by atoms with Crippen molar-refractivity contribution in [2.75, 3.05) is 67.3 Å².